The summed E-state index contributed by atoms with van der Waals surface area (Å²) in [5.74, 6) is 0. The van der Waals surface area contributed by atoms with Gasteiger partial charge in [-0.15, -0.1) is 22.7 Å². The van der Waals surface area contributed by atoms with E-state index in [0.717, 1.165) is 10.3 Å². The fraction of sp³-hybridized carbons (Fsp3) is 0.154. The van der Waals surface area contributed by atoms with E-state index in [1.165, 1.54) is 16.0 Å². The fourth-order valence-electron chi connectivity index (χ4n) is 1.89. The normalized spacial score (nSPS) is 12.9. The van der Waals surface area contributed by atoms with Crippen molar-refractivity contribution in [2.45, 2.75) is 12.6 Å². The number of aromatic nitrogens is 1. The molecule has 0 saturated carbocycles. The molecule has 3 nitrogen and oxygen atoms in total. The Labute approximate surface area is 112 Å². The number of fused-ring (bicyclic) bond motifs is 1. The minimum atomic E-state index is -0.550. The van der Waals surface area contributed by atoms with Crippen molar-refractivity contribution < 1.29 is 5.11 Å². The van der Waals surface area contributed by atoms with Gasteiger partial charge in [0.2, 0.25) is 0 Å². The molecule has 3 aromatic rings. The molecule has 1 aromatic carbocycles. The van der Waals surface area contributed by atoms with E-state index in [1.54, 1.807) is 15.9 Å². The van der Waals surface area contributed by atoms with Gasteiger partial charge in [-0.2, -0.15) is 0 Å². The Balaban J connectivity index is 1.90. The molecule has 92 valence electrons. The molecular formula is C13H12N2OS2. The monoisotopic (exact) mass is 276 g/mol. The van der Waals surface area contributed by atoms with Crippen molar-refractivity contribution in [3.63, 3.8) is 0 Å². The molecule has 0 aliphatic rings. The number of hydrogen-bond acceptors (Lipinski definition) is 4. The molecule has 0 aliphatic heterocycles. The second kappa shape index (κ2) is 4.68. The van der Waals surface area contributed by atoms with Crippen LogP contribution in [0.4, 0.5) is 0 Å². The van der Waals surface area contributed by atoms with Crippen LogP contribution < -0.4 is 4.80 Å². The first-order valence-corrected chi connectivity index (χ1v) is 7.29. The number of thiophene rings is 1. The van der Waals surface area contributed by atoms with E-state index in [0.29, 0.717) is 11.3 Å². The molecule has 0 saturated heterocycles. The molecular weight excluding hydrogens is 264 g/mol. The SMILES string of the molecule is N=c1sccn1CC(O)c1cc2ccccc2s1. The summed E-state index contributed by atoms with van der Waals surface area (Å²) in [7, 11) is 0. The van der Waals surface area contributed by atoms with Crippen molar-refractivity contribution in [2.24, 2.45) is 0 Å². The molecule has 18 heavy (non-hydrogen) atoms. The Kier molecular flexibility index (Phi) is 3.03. The van der Waals surface area contributed by atoms with Crippen molar-refractivity contribution in [2.75, 3.05) is 0 Å². The zero-order valence-corrected chi connectivity index (χ0v) is 11.2. The topological polar surface area (TPSA) is 49.0 Å². The summed E-state index contributed by atoms with van der Waals surface area (Å²) >= 11 is 2.98. The fourth-order valence-corrected chi connectivity index (χ4v) is 3.54. The number of benzene rings is 1. The highest BCUT2D eigenvalue weighted by atomic mass is 32.1. The zero-order valence-electron chi connectivity index (χ0n) is 9.54. The molecule has 2 heterocycles. The summed E-state index contributed by atoms with van der Waals surface area (Å²) in [6.45, 7) is 0.440. The van der Waals surface area contributed by atoms with Crippen LogP contribution in [0.2, 0.25) is 0 Å². The van der Waals surface area contributed by atoms with Crippen molar-refractivity contribution in [1.82, 2.24) is 4.57 Å². The van der Waals surface area contributed by atoms with Gasteiger partial charge >= 0.3 is 0 Å². The smallest absolute Gasteiger partial charge is 0.181 e. The number of nitrogens with zero attached hydrogens (tertiary/aromatic N) is 1. The first-order chi connectivity index (χ1) is 8.74. The van der Waals surface area contributed by atoms with Gasteiger partial charge in [0.05, 0.1) is 6.54 Å². The van der Waals surface area contributed by atoms with E-state index in [9.17, 15) is 5.11 Å². The summed E-state index contributed by atoms with van der Waals surface area (Å²) in [5.41, 5.74) is 0. The molecule has 2 N–H and O–H groups in total. The maximum Gasteiger partial charge on any atom is 0.181 e. The number of aliphatic hydroxyl groups excluding tert-OH is 1. The number of nitrogens with one attached hydrogen (secondary N) is 1. The van der Waals surface area contributed by atoms with Gasteiger partial charge in [0.15, 0.2) is 4.80 Å². The van der Waals surface area contributed by atoms with E-state index >= 15 is 0 Å². The molecule has 1 unspecified atom stereocenters. The van der Waals surface area contributed by atoms with Crippen molar-refractivity contribution >= 4 is 32.8 Å². The van der Waals surface area contributed by atoms with Crippen LogP contribution in [0.25, 0.3) is 10.1 Å². The molecule has 0 bridgehead atoms. The average molecular weight is 276 g/mol. The predicted octanol–water partition coefficient (Wildman–Crippen LogP) is 2.98. The first kappa shape index (κ1) is 11.6. The van der Waals surface area contributed by atoms with Crippen LogP contribution in [0, 0.1) is 5.41 Å². The lowest BCUT2D eigenvalue weighted by molar-refractivity contribution is 0.159. The maximum atomic E-state index is 10.2. The van der Waals surface area contributed by atoms with Gasteiger partial charge in [0.25, 0.3) is 0 Å². The predicted molar refractivity (Wildman–Crippen MR) is 74.9 cm³/mol. The summed E-state index contributed by atoms with van der Waals surface area (Å²) in [4.78, 5) is 1.42. The van der Waals surface area contributed by atoms with Gasteiger partial charge in [0.1, 0.15) is 6.10 Å². The van der Waals surface area contributed by atoms with Gasteiger partial charge in [-0.05, 0) is 17.5 Å². The molecule has 1 atom stereocenters. The zero-order chi connectivity index (χ0) is 12.5. The number of aliphatic hydroxyl groups is 1. The van der Waals surface area contributed by atoms with Crippen LogP contribution in [-0.4, -0.2) is 9.67 Å². The van der Waals surface area contributed by atoms with Crippen molar-refractivity contribution in [1.29, 1.82) is 5.41 Å². The average Bonchev–Trinajstić information content (AvgIpc) is 2.96. The Morgan fingerprint density at radius 2 is 2.17 bits per heavy atom. The third-order valence-electron chi connectivity index (χ3n) is 2.82. The lowest BCUT2D eigenvalue weighted by Crippen LogP contribution is -2.16. The van der Waals surface area contributed by atoms with E-state index in [1.807, 2.05) is 29.8 Å². The minimum absolute atomic E-state index is 0.440. The van der Waals surface area contributed by atoms with Crippen LogP contribution in [0.5, 0.6) is 0 Å². The van der Waals surface area contributed by atoms with E-state index in [-0.39, 0.29) is 0 Å². The lowest BCUT2D eigenvalue weighted by Gasteiger charge is -2.08. The maximum absolute atomic E-state index is 10.2. The van der Waals surface area contributed by atoms with Crippen LogP contribution in [0.1, 0.15) is 11.0 Å². The van der Waals surface area contributed by atoms with Gasteiger partial charge < -0.3 is 9.67 Å². The summed E-state index contributed by atoms with van der Waals surface area (Å²) < 4.78 is 2.95. The van der Waals surface area contributed by atoms with Crippen molar-refractivity contribution in [3.05, 3.63) is 51.6 Å². The van der Waals surface area contributed by atoms with Crippen LogP contribution in [0.15, 0.2) is 41.9 Å². The molecule has 5 heteroatoms. The Morgan fingerprint density at radius 3 is 2.89 bits per heavy atom. The third kappa shape index (κ3) is 2.12. The lowest BCUT2D eigenvalue weighted by atomic mass is 10.2. The summed E-state index contributed by atoms with van der Waals surface area (Å²) in [6.07, 6.45) is 1.29. The van der Waals surface area contributed by atoms with E-state index < -0.39 is 6.10 Å². The largest absolute Gasteiger partial charge is 0.386 e. The Bertz CT molecular complexity index is 693. The highest BCUT2D eigenvalue weighted by Gasteiger charge is 2.12. The van der Waals surface area contributed by atoms with E-state index in [2.05, 4.69) is 12.1 Å². The van der Waals surface area contributed by atoms with Gasteiger partial charge in [0, 0.05) is 21.2 Å². The third-order valence-corrected chi connectivity index (χ3v) is 4.76. The highest BCUT2D eigenvalue weighted by Crippen LogP contribution is 2.30. The first-order valence-electron chi connectivity index (χ1n) is 5.59. The van der Waals surface area contributed by atoms with E-state index in [4.69, 9.17) is 5.41 Å². The summed E-state index contributed by atoms with van der Waals surface area (Å²) in [5, 5.41) is 20.9. The van der Waals surface area contributed by atoms with Crippen LogP contribution in [0.3, 0.4) is 0 Å². The quantitative estimate of drug-likeness (QED) is 0.759. The molecule has 3 rings (SSSR count). The number of thiazole rings is 1. The van der Waals surface area contributed by atoms with Crippen LogP contribution in [-0.2, 0) is 6.54 Å². The van der Waals surface area contributed by atoms with Gasteiger partial charge in [-0.3, -0.25) is 5.41 Å². The highest BCUT2D eigenvalue weighted by molar-refractivity contribution is 7.19. The van der Waals surface area contributed by atoms with Crippen LogP contribution >= 0.6 is 22.7 Å². The number of hydrogen-bond donors (Lipinski definition) is 2. The minimum Gasteiger partial charge on any atom is -0.386 e. The molecule has 0 fully saturated rings. The second-order valence-corrected chi connectivity index (χ2v) is 6.07. The molecule has 0 radical (unpaired) electrons. The Hall–Kier alpha value is -1.43. The number of rotatable bonds is 3. The standard InChI is InChI=1S/C13H12N2OS2/c14-13-15(5-6-17-13)8-10(16)12-7-9-3-1-2-4-11(9)18-12/h1-7,10,14,16H,8H2. The van der Waals surface area contributed by atoms with Crippen molar-refractivity contribution in [3.8, 4) is 0 Å². The summed E-state index contributed by atoms with van der Waals surface area (Å²) in [6, 6.07) is 10.1. The molecule has 0 spiro atoms. The van der Waals surface area contributed by atoms with Gasteiger partial charge in [-0.1, -0.05) is 18.2 Å². The Morgan fingerprint density at radius 1 is 1.33 bits per heavy atom. The molecule has 2 aromatic heterocycles. The van der Waals surface area contributed by atoms with Gasteiger partial charge in [-0.25, -0.2) is 0 Å². The molecule has 0 aliphatic carbocycles. The molecule has 0 amide bonds. The second-order valence-electron chi connectivity index (χ2n) is 4.06.